The molecule has 2 aliphatic rings. The van der Waals surface area contributed by atoms with Crippen LogP contribution >= 0.6 is 0 Å². The van der Waals surface area contributed by atoms with E-state index >= 15 is 0 Å². The Labute approximate surface area is 125 Å². The van der Waals surface area contributed by atoms with Crippen molar-refractivity contribution < 1.29 is 19.5 Å². The lowest BCUT2D eigenvalue weighted by atomic mass is 9.64. The van der Waals surface area contributed by atoms with E-state index in [9.17, 15) is 9.59 Å². The fourth-order valence-electron chi connectivity index (χ4n) is 3.52. The molecule has 2 rings (SSSR count). The molecule has 5 heteroatoms. The van der Waals surface area contributed by atoms with Crippen molar-refractivity contribution in [1.82, 2.24) is 5.06 Å². The number of carboxylic acid groups (broad SMARTS) is 1. The average molecular weight is 295 g/mol. The molecule has 0 atom stereocenters. The molecule has 0 aromatic carbocycles. The first-order valence-electron chi connectivity index (χ1n) is 7.67. The number of nitrogens with zero attached hydrogens (tertiary/aromatic N) is 1. The van der Waals surface area contributed by atoms with Gasteiger partial charge in [-0.1, -0.05) is 0 Å². The third-order valence-electron chi connectivity index (χ3n) is 4.55. The van der Waals surface area contributed by atoms with Crippen molar-refractivity contribution in [2.45, 2.75) is 58.5 Å². The molecule has 1 N–H and O–H groups in total. The van der Waals surface area contributed by atoms with Crippen LogP contribution in [0.3, 0.4) is 0 Å². The van der Waals surface area contributed by atoms with Crippen molar-refractivity contribution in [1.29, 1.82) is 0 Å². The van der Waals surface area contributed by atoms with Crippen LogP contribution in [0.5, 0.6) is 0 Å². The highest BCUT2D eigenvalue weighted by molar-refractivity contribution is 5.70. The van der Waals surface area contributed by atoms with Gasteiger partial charge in [-0.15, -0.1) is 0 Å². The first-order valence-corrected chi connectivity index (χ1v) is 7.67. The molecule has 0 unspecified atom stereocenters. The molecular weight excluding hydrogens is 270 g/mol. The molecule has 21 heavy (non-hydrogen) atoms. The van der Waals surface area contributed by atoms with Crippen LogP contribution in [0.25, 0.3) is 0 Å². The number of rotatable bonds is 2. The normalized spacial score (nSPS) is 31.2. The molecule has 0 bridgehead atoms. The highest BCUT2D eigenvalue weighted by atomic mass is 16.7. The average Bonchev–Trinajstić information content (AvgIpc) is 2.37. The topological polar surface area (TPSA) is 66.8 Å². The van der Waals surface area contributed by atoms with Gasteiger partial charge in [0.1, 0.15) is 5.94 Å². The van der Waals surface area contributed by atoms with Gasteiger partial charge in [0.25, 0.3) is 0 Å². The molecule has 5 nitrogen and oxygen atoms in total. The summed E-state index contributed by atoms with van der Waals surface area (Å²) in [5.41, 5.74) is 0.319. The first kappa shape index (κ1) is 16.2. The highest BCUT2D eigenvalue weighted by Gasteiger charge is 2.45. The molecule has 0 aromatic rings. The number of carbonyl (C=O) groups excluding carboxylic acids is 1. The molecule has 0 aromatic heterocycles. The van der Waals surface area contributed by atoms with Gasteiger partial charge in [-0.25, -0.2) is 4.79 Å². The highest BCUT2D eigenvalue weighted by Crippen LogP contribution is 2.47. The number of hydrogen-bond acceptors (Lipinski definition) is 4. The van der Waals surface area contributed by atoms with Crippen LogP contribution in [-0.2, 0) is 14.4 Å². The minimum absolute atomic E-state index is 0.239. The zero-order chi connectivity index (χ0) is 15.7. The van der Waals surface area contributed by atoms with Gasteiger partial charge in [0.05, 0.1) is 11.5 Å². The van der Waals surface area contributed by atoms with E-state index in [-0.39, 0.29) is 16.9 Å². The second kappa shape index (κ2) is 5.91. The van der Waals surface area contributed by atoms with E-state index in [0.717, 1.165) is 18.4 Å². The summed E-state index contributed by atoms with van der Waals surface area (Å²) in [6, 6.07) is 0. The van der Waals surface area contributed by atoms with Crippen LogP contribution in [-0.4, -0.2) is 40.8 Å². The summed E-state index contributed by atoms with van der Waals surface area (Å²) in [7, 11) is 0. The van der Waals surface area contributed by atoms with Crippen molar-refractivity contribution in [2.24, 2.45) is 11.3 Å². The van der Waals surface area contributed by atoms with Crippen LogP contribution in [0.4, 0.5) is 0 Å². The van der Waals surface area contributed by atoms with E-state index in [0.29, 0.717) is 32.4 Å². The fraction of sp³-hybridized carbons (Fsp3) is 0.812. The van der Waals surface area contributed by atoms with Crippen LogP contribution in [0, 0.1) is 11.3 Å². The summed E-state index contributed by atoms with van der Waals surface area (Å²) >= 11 is 0. The monoisotopic (exact) mass is 295 g/mol. The molecule has 1 heterocycles. The van der Waals surface area contributed by atoms with E-state index in [2.05, 4.69) is 5.94 Å². The fourth-order valence-corrected chi connectivity index (χ4v) is 3.52. The zero-order valence-electron chi connectivity index (χ0n) is 13.1. The first-order chi connectivity index (χ1) is 9.76. The van der Waals surface area contributed by atoms with Crippen molar-refractivity contribution in [3.05, 3.63) is 5.57 Å². The molecule has 1 aliphatic carbocycles. The molecule has 1 saturated heterocycles. The maximum Gasteiger partial charge on any atom is 0.306 e. The van der Waals surface area contributed by atoms with Gasteiger partial charge in [0, 0.05) is 24.1 Å². The maximum absolute atomic E-state index is 11.3. The van der Waals surface area contributed by atoms with Gasteiger partial charge >= 0.3 is 5.97 Å². The molecular formula is C16H25NO4. The van der Waals surface area contributed by atoms with Crippen LogP contribution in [0.1, 0.15) is 52.9 Å². The minimum Gasteiger partial charge on any atom is -0.481 e. The second-order valence-electron chi connectivity index (χ2n) is 7.29. The summed E-state index contributed by atoms with van der Waals surface area (Å²) in [5.74, 6) is 1.13. The Morgan fingerprint density at radius 2 is 2.00 bits per heavy atom. The summed E-state index contributed by atoms with van der Waals surface area (Å²) in [5, 5.41) is 11.1. The Bertz CT molecular complexity index is 451. The van der Waals surface area contributed by atoms with E-state index in [1.165, 1.54) is 0 Å². The second-order valence-corrected chi connectivity index (χ2v) is 7.29. The molecule has 2 fully saturated rings. The Kier molecular flexibility index (Phi) is 4.57. The van der Waals surface area contributed by atoms with E-state index < -0.39 is 5.97 Å². The quantitative estimate of drug-likeness (QED) is 0.793. The molecule has 1 spiro atoms. The van der Waals surface area contributed by atoms with Gasteiger partial charge in [-0.2, -0.15) is 5.06 Å². The molecule has 1 saturated carbocycles. The lowest BCUT2D eigenvalue weighted by Crippen LogP contribution is -2.49. The van der Waals surface area contributed by atoms with Gasteiger partial charge in [0.15, 0.2) is 0 Å². The Balaban J connectivity index is 2.11. The van der Waals surface area contributed by atoms with E-state index in [1.54, 1.807) is 0 Å². The smallest absolute Gasteiger partial charge is 0.306 e. The number of carbonyl (C=O) groups is 1. The summed E-state index contributed by atoms with van der Waals surface area (Å²) < 4.78 is 0. The van der Waals surface area contributed by atoms with Crippen molar-refractivity contribution in [2.75, 3.05) is 13.1 Å². The third-order valence-corrected chi connectivity index (χ3v) is 4.55. The SMILES string of the molecule is CC(C)(C)ON1CCC(=C=O)C2(CCC(C(=O)O)CC2)C1. The Morgan fingerprint density at radius 3 is 2.48 bits per heavy atom. The van der Waals surface area contributed by atoms with E-state index in [4.69, 9.17) is 9.94 Å². The lowest BCUT2D eigenvalue weighted by Gasteiger charge is -2.47. The predicted octanol–water partition coefficient (Wildman–Crippen LogP) is 2.44. The summed E-state index contributed by atoms with van der Waals surface area (Å²) in [4.78, 5) is 28.4. The number of piperidine rings is 1. The van der Waals surface area contributed by atoms with Crippen molar-refractivity contribution in [3.63, 3.8) is 0 Å². The van der Waals surface area contributed by atoms with Gasteiger partial charge < -0.3 is 5.11 Å². The largest absolute Gasteiger partial charge is 0.481 e. The van der Waals surface area contributed by atoms with Crippen molar-refractivity contribution >= 4 is 11.9 Å². The van der Waals surface area contributed by atoms with Crippen LogP contribution < -0.4 is 0 Å². The molecule has 118 valence electrons. The van der Waals surface area contributed by atoms with Crippen LogP contribution in [0.15, 0.2) is 5.57 Å². The number of carboxylic acids is 1. The Morgan fingerprint density at radius 1 is 1.38 bits per heavy atom. The van der Waals surface area contributed by atoms with Crippen molar-refractivity contribution in [3.8, 4) is 0 Å². The minimum atomic E-state index is -0.722. The molecule has 1 aliphatic heterocycles. The number of aliphatic carboxylic acids is 1. The van der Waals surface area contributed by atoms with Gasteiger partial charge in [0.2, 0.25) is 0 Å². The third kappa shape index (κ3) is 3.73. The Hall–Kier alpha value is -1.16. The number of hydroxylamine groups is 2. The summed E-state index contributed by atoms with van der Waals surface area (Å²) in [6.07, 6.45) is 3.39. The standard InChI is InChI=1S/C16H25NO4/c1-15(2,3)21-17-9-6-13(10-18)16(11-17)7-4-12(5-8-16)14(19)20/h12H,4-9,11H2,1-3H3,(H,19,20). The number of hydrogen-bond donors (Lipinski definition) is 1. The van der Waals surface area contributed by atoms with Crippen LogP contribution in [0.2, 0.25) is 0 Å². The molecule has 0 radical (unpaired) electrons. The van der Waals surface area contributed by atoms with Gasteiger partial charge in [-0.05, 0) is 52.9 Å². The maximum atomic E-state index is 11.3. The lowest BCUT2D eigenvalue weighted by molar-refractivity contribution is -0.247. The van der Waals surface area contributed by atoms with Gasteiger partial charge in [-0.3, -0.25) is 9.63 Å². The summed E-state index contributed by atoms with van der Waals surface area (Å²) in [6.45, 7) is 7.39. The molecule has 0 amide bonds. The zero-order valence-corrected chi connectivity index (χ0v) is 13.1. The predicted molar refractivity (Wildman–Crippen MR) is 78.3 cm³/mol. The van der Waals surface area contributed by atoms with E-state index in [1.807, 2.05) is 25.8 Å².